The number of hydrogen-bond acceptors (Lipinski definition) is 3. The van der Waals surface area contributed by atoms with Crippen molar-refractivity contribution in [3.63, 3.8) is 0 Å². The molecule has 1 aromatic heterocycles. The van der Waals surface area contributed by atoms with Gasteiger partial charge in [0.25, 0.3) is 0 Å². The molecule has 5 nitrogen and oxygen atoms in total. The van der Waals surface area contributed by atoms with E-state index in [4.69, 9.17) is 28.2 Å². The van der Waals surface area contributed by atoms with Gasteiger partial charge in [-0.05, 0) is 54.3 Å². The molecule has 35 heavy (non-hydrogen) atoms. The van der Waals surface area contributed by atoms with Crippen LogP contribution in [-0.4, -0.2) is 20.6 Å². The first kappa shape index (κ1) is 23.9. The fraction of sp³-hybridized carbons (Fsp3) is 0.286. The summed E-state index contributed by atoms with van der Waals surface area (Å²) >= 11 is 12.1. The van der Waals surface area contributed by atoms with Crippen LogP contribution in [0.3, 0.4) is 0 Å². The molecule has 5 rings (SSSR count). The van der Waals surface area contributed by atoms with Gasteiger partial charge in [-0.1, -0.05) is 72.8 Å². The maximum absolute atomic E-state index is 11.5. The van der Waals surface area contributed by atoms with E-state index in [1.165, 1.54) is 24.8 Å². The number of imidazole rings is 1. The fourth-order valence-electron chi connectivity index (χ4n) is 4.92. The Kier molecular flexibility index (Phi) is 7.09. The number of aromatic nitrogens is 2. The van der Waals surface area contributed by atoms with E-state index >= 15 is 0 Å². The van der Waals surface area contributed by atoms with E-state index in [2.05, 4.69) is 34.1 Å². The van der Waals surface area contributed by atoms with Crippen LogP contribution in [0.5, 0.6) is 0 Å². The number of hydrogen-bond donors (Lipinski definition) is 2. The lowest BCUT2D eigenvalue weighted by Gasteiger charge is -2.25. The van der Waals surface area contributed by atoms with Crippen molar-refractivity contribution in [3.8, 4) is 11.4 Å². The van der Waals surface area contributed by atoms with E-state index < -0.39 is 5.97 Å². The number of aromatic carboxylic acids is 1. The summed E-state index contributed by atoms with van der Waals surface area (Å²) in [4.78, 5) is 16.4. The molecule has 3 aromatic carbocycles. The minimum Gasteiger partial charge on any atom is -0.478 e. The summed E-state index contributed by atoms with van der Waals surface area (Å²) in [5.41, 5.74) is 5.29. The number of carboxylic acids is 1. The highest BCUT2D eigenvalue weighted by atomic mass is 35.5. The molecular formula is C28H27Cl2N3O2. The number of nitrogens with zero attached hydrogens (tertiary/aromatic N) is 2. The quantitative estimate of drug-likeness (QED) is 0.271. The van der Waals surface area contributed by atoms with Crippen LogP contribution in [0.1, 0.15) is 59.6 Å². The van der Waals surface area contributed by atoms with Crippen LogP contribution in [-0.2, 0) is 13.1 Å². The van der Waals surface area contributed by atoms with Crippen molar-refractivity contribution >= 4 is 40.2 Å². The van der Waals surface area contributed by atoms with Crippen molar-refractivity contribution in [2.45, 2.75) is 51.2 Å². The first-order valence-corrected chi connectivity index (χ1v) is 12.7. The summed E-state index contributed by atoms with van der Waals surface area (Å²) < 4.78 is 2.33. The highest BCUT2D eigenvalue weighted by Crippen LogP contribution is 2.36. The molecule has 0 spiro atoms. The molecule has 4 aromatic rings. The molecule has 2 N–H and O–H groups in total. The van der Waals surface area contributed by atoms with Crippen LogP contribution in [0, 0.1) is 0 Å². The van der Waals surface area contributed by atoms with Crippen molar-refractivity contribution in [2.75, 3.05) is 0 Å². The summed E-state index contributed by atoms with van der Waals surface area (Å²) in [6, 6.07) is 19.8. The Hall–Kier alpha value is -2.86. The Labute approximate surface area is 214 Å². The third-order valence-corrected chi connectivity index (χ3v) is 7.47. The van der Waals surface area contributed by atoms with E-state index in [0.717, 1.165) is 47.4 Å². The first-order chi connectivity index (χ1) is 17.0. The highest BCUT2D eigenvalue weighted by Gasteiger charge is 2.23. The minimum absolute atomic E-state index is 0.265. The van der Waals surface area contributed by atoms with Crippen LogP contribution < -0.4 is 5.32 Å². The number of nitrogens with one attached hydrogen (secondary N) is 1. The lowest BCUT2D eigenvalue weighted by Crippen LogP contribution is -2.14. The average Bonchev–Trinajstić information content (AvgIpc) is 3.26. The van der Waals surface area contributed by atoms with E-state index in [1.54, 1.807) is 12.1 Å². The molecule has 7 heteroatoms. The molecule has 0 radical (unpaired) electrons. The molecule has 0 atom stereocenters. The normalized spacial score (nSPS) is 14.5. The van der Waals surface area contributed by atoms with Gasteiger partial charge in [0.05, 0.1) is 26.6 Å². The molecule has 1 aliphatic rings. The minimum atomic E-state index is -0.932. The second kappa shape index (κ2) is 10.4. The Morgan fingerprint density at radius 2 is 1.63 bits per heavy atom. The molecule has 0 saturated heterocycles. The SMILES string of the molecule is O=C(O)c1ccc2c(c1)nc(-c1ccc(CNCc3ccc(Cl)c(Cl)c3)cc1)n2C1CCCCC1. The Balaban J connectivity index is 1.38. The molecule has 1 aliphatic carbocycles. The number of fused-ring (bicyclic) bond motifs is 1. The molecule has 0 amide bonds. The number of carbonyl (C=O) groups is 1. The summed E-state index contributed by atoms with van der Waals surface area (Å²) in [7, 11) is 0. The second-order valence-electron chi connectivity index (χ2n) is 9.15. The lowest BCUT2D eigenvalue weighted by atomic mass is 9.94. The molecule has 0 bridgehead atoms. The van der Waals surface area contributed by atoms with E-state index in [1.807, 2.05) is 24.3 Å². The zero-order chi connectivity index (χ0) is 24.4. The van der Waals surface area contributed by atoms with Gasteiger partial charge < -0.3 is 15.0 Å². The molecule has 0 unspecified atom stereocenters. The van der Waals surface area contributed by atoms with Gasteiger partial charge >= 0.3 is 5.97 Å². The predicted octanol–water partition coefficient (Wildman–Crippen LogP) is 7.50. The van der Waals surface area contributed by atoms with Gasteiger partial charge in [0, 0.05) is 24.7 Å². The Morgan fingerprint density at radius 3 is 2.34 bits per heavy atom. The molecule has 1 fully saturated rings. The largest absolute Gasteiger partial charge is 0.478 e. The molecule has 1 heterocycles. The number of benzene rings is 3. The van der Waals surface area contributed by atoms with Crippen molar-refractivity contribution < 1.29 is 9.90 Å². The monoisotopic (exact) mass is 507 g/mol. The van der Waals surface area contributed by atoms with E-state index in [0.29, 0.717) is 22.6 Å². The zero-order valence-electron chi connectivity index (χ0n) is 19.3. The zero-order valence-corrected chi connectivity index (χ0v) is 20.8. The number of halogens is 2. The summed E-state index contributed by atoms with van der Waals surface area (Å²) in [5, 5.41) is 14.0. The maximum atomic E-state index is 11.5. The first-order valence-electron chi connectivity index (χ1n) is 12.0. The Bertz CT molecular complexity index is 1360. The fourth-order valence-corrected chi connectivity index (χ4v) is 5.24. The highest BCUT2D eigenvalue weighted by molar-refractivity contribution is 6.42. The number of rotatable bonds is 7. The average molecular weight is 508 g/mol. The van der Waals surface area contributed by atoms with Gasteiger partial charge in [0.2, 0.25) is 0 Å². The van der Waals surface area contributed by atoms with Crippen LogP contribution >= 0.6 is 23.2 Å². The summed E-state index contributed by atoms with van der Waals surface area (Å²) in [5.74, 6) is -0.0249. The van der Waals surface area contributed by atoms with Crippen molar-refractivity contribution in [3.05, 3.63) is 87.4 Å². The maximum Gasteiger partial charge on any atom is 0.335 e. The molecular weight excluding hydrogens is 481 g/mol. The standard InChI is InChI=1S/C28H27Cl2N3O2/c29-23-12-8-19(14-24(23)30)17-31-16-18-6-9-20(10-7-18)27-32-25-15-21(28(34)35)11-13-26(25)33(27)22-4-2-1-3-5-22/h6-15,22,31H,1-5,16-17H2,(H,34,35). The van der Waals surface area contributed by atoms with Crippen LogP contribution in [0.15, 0.2) is 60.7 Å². The van der Waals surface area contributed by atoms with Gasteiger partial charge in [-0.25, -0.2) is 9.78 Å². The van der Waals surface area contributed by atoms with Crippen molar-refractivity contribution in [1.29, 1.82) is 0 Å². The number of carboxylic acid groups (broad SMARTS) is 1. The molecule has 0 aliphatic heterocycles. The van der Waals surface area contributed by atoms with Gasteiger partial charge in [0.15, 0.2) is 0 Å². The van der Waals surface area contributed by atoms with Crippen molar-refractivity contribution in [1.82, 2.24) is 14.9 Å². The summed E-state index contributed by atoms with van der Waals surface area (Å²) in [6.45, 7) is 1.42. The van der Waals surface area contributed by atoms with Crippen LogP contribution in [0.2, 0.25) is 10.0 Å². The predicted molar refractivity (Wildman–Crippen MR) is 141 cm³/mol. The molecule has 1 saturated carbocycles. The topological polar surface area (TPSA) is 67.2 Å². The van der Waals surface area contributed by atoms with Gasteiger partial charge in [-0.2, -0.15) is 0 Å². The Morgan fingerprint density at radius 1 is 0.914 bits per heavy atom. The van der Waals surface area contributed by atoms with Gasteiger partial charge in [-0.15, -0.1) is 0 Å². The third kappa shape index (κ3) is 5.22. The van der Waals surface area contributed by atoms with Gasteiger partial charge in [-0.3, -0.25) is 0 Å². The molecule has 180 valence electrons. The van der Waals surface area contributed by atoms with Crippen LogP contribution in [0.4, 0.5) is 0 Å². The summed E-state index contributed by atoms with van der Waals surface area (Å²) in [6.07, 6.45) is 5.93. The third-order valence-electron chi connectivity index (χ3n) is 6.73. The second-order valence-corrected chi connectivity index (χ2v) is 9.97. The smallest absolute Gasteiger partial charge is 0.335 e. The van der Waals surface area contributed by atoms with Crippen molar-refractivity contribution in [2.24, 2.45) is 0 Å². The lowest BCUT2D eigenvalue weighted by molar-refractivity contribution is 0.0697. The van der Waals surface area contributed by atoms with Crippen LogP contribution in [0.25, 0.3) is 22.4 Å². The van der Waals surface area contributed by atoms with E-state index in [9.17, 15) is 9.90 Å². The van der Waals surface area contributed by atoms with E-state index in [-0.39, 0.29) is 5.56 Å². The van der Waals surface area contributed by atoms with Gasteiger partial charge in [0.1, 0.15) is 5.82 Å².